The van der Waals surface area contributed by atoms with E-state index in [0.29, 0.717) is 12.3 Å². The molecule has 2 nitrogen and oxygen atoms in total. The summed E-state index contributed by atoms with van der Waals surface area (Å²) in [6.07, 6.45) is 3.60. The van der Waals surface area contributed by atoms with Crippen molar-refractivity contribution in [2.24, 2.45) is 5.92 Å². The van der Waals surface area contributed by atoms with Crippen molar-refractivity contribution in [2.75, 3.05) is 13.1 Å². The van der Waals surface area contributed by atoms with Gasteiger partial charge in [0.25, 0.3) is 0 Å². The highest BCUT2D eigenvalue weighted by Crippen LogP contribution is 2.24. The Balaban J connectivity index is 1.54. The minimum atomic E-state index is -0.421. The number of thiazole rings is 1. The molecule has 0 bridgehead atoms. The van der Waals surface area contributed by atoms with Gasteiger partial charge in [-0.2, -0.15) is 0 Å². The monoisotopic (exact) mass is 336 g/mol. The van der Waals surface area contributed by atoms with E-state index in [9.17, 15) is 8.78 Å². The Kier molecular flexibility index (Phi) is 5.38. The topological polar surface area (TPSA) is 16.1 Å². The van der Waals surface area contributed by atoms with Crippen molar-refractivity contribution >= 4 is 11.3 Å². The van der Waals surface area contributed by atoms with Crippen LogP contribution in [0.25, 0.3) is 0 Å². The van der Waals surface area contributed by atoms with Gasteiger partial charge in [0.15, 0.2) is 0 Å². The van der Waals surface area contributed by atoms with E-state index in [2.05, 4.69) is 15.3 Å². The maximum atomic E-state index is 13.7. The molecule has 0 amide bonds. The molecule has 0 aliphatic carbocycles. The van der Waals surface area contributed by atoms with Crippen LogP contribution in [-0.4, -0.2) is 23.0 Å². The van der Waals surface area contributed by atoms with E-state index in [4.69, 9.17) is 0 Å². The van der Waals surface area contributed by atoms with Crippen LogP contribution in [0.15, 0.2) is 23.6 Å². The minimum Gasteiger partial charge on any atom is -0.297 e. The predicted octanol–water partition coefficient (Wildman–Crippen LogP) is 4.57. The number of hydrogen-bond donors (Lipinski definition) is 0. The molecule has 0 radical (unpaired) electrons. The Bertz CT molecular complexity index is 636. The number of aryl methyl sites for hydroxylation is 1. The van der Waals surface area contributed by atoms with Crippen LogP contribution in [-0.2, 0) is 13.0 Å². The molecule has 23 heavy (non-hydrogen) atoms. The van der Waals surface area contributed by atoms with Crippen LogP contribution in [0.4, 0.5) is 8.78 Å². The zero-order valence-corrected chi connectivity index (χ0v) is 14.2. The predicted molar refractivity (Wildman–Crippen MR) is 89.5 cm³/mol. The van der Waals surface area contributed by atoms with Crippen molar-refractivity contribution in [1.29, 1.82) is 0 Å². The van der Waals surface area contributed by atoms with Crippen molar-refractivity contribution in [1.82, 2.24) is 9.88 Å². The van der Waals surface area contributed by atoms with Gasteiger partial charge in [-0.05, 0) is 57.2 Å². The fraction of sp³-hybridized carbons (Fsp3) is 0.500. The maximum absolute atomic E-state index is 13.7. The fourth-order valence-electron chi connectivity index (χ4n) is 3.36. The number of aromatic nitrogens is 1. The van der Waals surface area contributed by atoms with Gasteiger partial charge in [0, 0.05) is 24.0 Å². The number of hydrogen-bond acceptors (Lipinski definition) is 3. The number of rotatable bonds is 5. The molecule has 5 heteroatoms. The van der Waals surface area contributed by atoms with Crippen molar-refractivity contribution < 1.29 is 8.78 Å². The molecular weight excluding hydrogens is 314 g/mol. The van der Waals surface area contributed by atoms with Crippen LogP contribution in [0.3, 0.4) is 0 Å². The Morgan fingerprint density at radius 2 is 2.09 bits per heavy atom. The first-order valence-corrected chi connectivity index (χ1v) is 9.06. The second kappa shape index (κ2) is 7.49. The third-order valence-corrected chi connectivity index (χ3v) is 5.34. The highest BCUT2D eigenvalue weighted by molar-refractivity contribution is 7.09. The Hall–Kier alpha value is -1.33. The van der Waals surface area contributed by atoms with Crippen molar-refractivity contribution in [3.8, 4) is 0 Å². The normalized spacial score (nSPS) is 19.2. The van der Waals surface area contributed by atoms with E-state index in [1.807, 2.05) is 6.92 Å². The molecule has 1 aliphatic rings. The molecule has 1 unspecified atom stereocenters. The standard InChI is InChI=1S/C18H22F2N2S/c1-13-21-15(12-23-13)11-22-9-3-4-14(10-22)7-8-16-17(19)5-2-6-18(16)20/h2,5-6,12,14H,3-4,7-11H2,1H3. The van der Waals surface area contributed by atoms with Gasteiger partial charge in [0.1, 0.15) is 11.6 Å². The molecule has 1 atom stereocenters. The minimum absolute atomic E-state index is 0.236. The molecule has 0 N–H and O–H groups in total. The summed E-state index contributed by atoms with van der Waals surface area (Å²) in [6.45, 7) is 4.98. The molecule has 1 fully saturated rings. The molecule has 124 valence electrons. The van der Waals surface area contributed by atoms with Gasteiger partial charge in [-0.25, -0.2) is 13.8 Å². The molecule has 1 aromatic carbocycles. The summed E-state index contributed by atoms with van der Waals surface area (Å²) in [5.74, 6) is -0.339. The van der Waals surface area contributed by atoms with E-state index >= 15 is 0 Å². The lowest BCUT2D eigenvalue weighted by Crippen LogP contribution is -2.35. The summed E-state index contributed by atoms with van der Waals surface area (Å²) in [5.41, 5.74) is 1.37. The zero-order valence-electron chi connectivity index (χ0n) is 13.4. The van der Waals surface area contributed by atoms with Crippen LogP contribution in [0.2, 0.25) is 0 Å². The molecule has 1 aromatic heterocycles. The van der Waals surface area contributed by atoms with Gasteiger partial charge in [-0.15, -0.1) is 11.3 Å². The van der Waals surface area contributed by atoms with Gasteiger partial charge in [-0.1, -0.05) is 6.07 Å². The largest absolute Gasteiger partial charge is 0.297 e. The summed E-state index contributed by atoms with van der Waals surface area (Å²) in [6, 6.07) is 4.11. The lowest BCUT2D eigenvalue weighted by molar-refractivity contribution is 0.160. The highest BCUT2D eigenvalue weighted by Gasteiger charge is 2.21. The van der Waals surface area contributed by atoms with E-state index in [-0.39, 0.29) is 5.56 Å². The first-order valence-electron chi connectivity index (χ1n) is 8.18. The Morgan fingerprint density at radius 1 is 1.30 bits per heavy atom. The van der Waals surface area contributed by atoms with Gasteiger partial charge in [0.05, 0.1) is 10.7 Å². The average Bonchev–Trinajstić information content (AvgIpc) is 2.92. The van der Waals surface area contributed by atoms with Crippen molar-refractivity contribution in [2.45, 2.75) is 39.2 Å². The second-order valence-corrected chi connectivity index (χ2v) is 7.40. The van der Waals surface area contributed by atoms with E-state index in [1.165, 1.54) is 18.2 Å². The summed E-state index contributed by atoms with van der Waals surface area (Å²) in [5, 5.41) is 3.22. The lowest BCUT2D eigenvalue weighted by atomic mass is 9.91. The molecule has 0 saturated carbocycles. The quantitative estimate of drug-likeness (QED) is 0.795. The van der Waals surface area contributed by atoms with E-state index < -0.39 is 11.6 Å². The first kappa shape index (κ1) is 16.5. The van der Waals surface area contributed by atoms with Gasteiger partial charge in [0.2, 0.25) is 0 Å². The molecule has 2 heterocycles. The average molecular weight is 336 g/mol. The number of halogens is 2. The molecule has 1 aliphatic heterocycles. The fourth-order valence-corrected chi connectivity index (χ4v) is 3.96. The van der Waals surface area contributed by atoms with Crippen molar-refractivity contribution in [3.05, 3.63) is 51.5 Å². The molecule has 2 aromatic rings. The van der Waals surface area contributed by atoms with Crippen LogP contribution in [0.5, 0.6) is 0 Å². The van der Waals surface area contributed by atoms with Crippen molar-refractivity contribution in [3.63, 3.8) is 0 Å². The number of piperidine rings is 1. The summed E-state index contributed by atoms with van der Waals surface area (Å²) in [4.78, 5) is 6.94. The van der Waals surface area contributed by atoms with E-state index in [1.54, 1.807) is 11.3 Å². The van der Waals surface area contributed by atoms with E-state index in [0.717, 1.165) is 49.6 Å². The maximum Gasteiger partial charge on any atom is 0.129 e. The zero-order chi connectivity index (χ0) is 16.2. The van der Waals surface area contributed by atoms with Crippen LogP contribution < -0.4 is 0 Å². The molecule has 1 saturated heterocycles. The van der Waals surface area contributed by atoms with Crippen LogP contribution >= 0.6 is 11.3 Å². The Labute approximate surface area is 140 Å². The van der Waals surface area contributed by atoms with Gasteiger partial charge >= 0.3 is 0 Å². The van der Waals surface area contributed by atoms with Gasteiger partial charge in [-0.3, -0.25) is 4.90 Å². The highest BCUT2D eigenvalue weighted by atomic mass is 32.1. The molecule has 3 rings (SSSR count). The summed E-state index contributed by atoms with van der Waals surface area (Å²) >= 11 is 1.68. The second-order valence-electron chi connectivity index (χ2n) is 6.34. The van der Waals surface area contributed by atoms with Crippen LogP contribution in [0, 0.1) is 24.5 Å². The molecular formula is C18H22F2N2S. The van der Waals surface area contributed by atoms with Crippen LogP contribution in [0.1, 0.15) is 35.5 Å². The first-order chi connectivity index (χ1) is 11.1. The number of nitrogens with zero attached hydrogens (tertiary/aromatic N) is 2. The smallest absolute Gasteiger partial charge is 0.129 e. The number of benzene rings is 1. The molecule has 0 spiro atoms. The lowest BCUT2D eigenvalue weighted by Gasteiger charge is -2.32. The third-order valence-electron chi connectivity index (χ3n) is 4.52. The third kappa shape index (κ3) is 4.36. The summed E-state index contributed by atoms with van der Waals surface area (Å²) < 4.78 is 27.4. The summed E-state index contributed by atoms with van der Waals surface area (Å²) in [7, 11) is 0. The Morgan fingerprint density at radius 3 is 2.78 bits per heavy atom. The number of likely N-dealkylation sites (tertiary alicyclic amines) is 1. The van der Waals surface area contributed by atoms with Gasteiger partial charge < -0.3 is 0 Å². The SMILES string of the molecule is Cc1nc(CN2CCCC(CCc3c(F)cccc3F)C2)cs1.